The lowest BCUT2D eigenvalue weighted by Crippen LogP contribution is -2.53. The van der Waals surface area contributed by atoms with Crippen LogP contribution in [-0.4, -0.2) is 30.8 Å². The maximum Gasteiger partial charge on any atom is 0.331 e. The highest BCUT2D eigenvalue weighted by Crippen LogP contribution is 2.31. The van der Waals surface area contributed by atoms with Crippen molar-refractivity contribution in [2.75, 3.05) is 18.5 Å². The Balaban J connectivity index is 2.21. The van der Waals surface area contributed by atoms with E-state index in [1.807, 2.05) is 38.1 Å². The zero-order valence-corrected chi connectivity index (χ0v) is 13.4. The molecule has 1 aromatic carbocycles. The lowest BCUT2D eigenvalue weighted by atomic mass is 9.86. The fourth-order valence-corrected chi connectivity index (χ4v) is 2.78. The highest BCUT2D eigenvalue weighted by atomic mass is 79.9. The van der Waals surface area contributed by atoms with Crippen molar-refractivity contribution in [3.05, 3.63) is 28.7 Å². The Kier molecular flexibility index (Phi) is 5.05. The summed E-state index contributed by atoms with van der Waals surface area (Å²) in [4.78, 5) is 12.4. The minimum absolute atomic E-state index is 0.0381. The van der Waals surface area contributed by atoms with Crippen molar-refractivity contribution in [3.8, 4) is 0 Å². The molecule has 2 rings (SSSR count). The Morgan fingerprint density at radius 2 is 2.20 bits per heavy atom. The van der Waals surface area contributed by atoms with Gasteiger partial charge in [-0.05, 0) is 38.1 Å². The van der Waals surface area contributed by atoms with Crippen LogP contribution in [0.25, 0.3) is 0 Å². The van der Waals surface area contributed by atoms with Crippen LogP contribution in [0.5, 0.6) is 0 Å². The summed E-state index contributed by atoms with van der Waals surface area (Å²) in [6, 6.07) is 7.80. The number of carbonyl (C=O) groups excluding carboxylic acids is 1. The quantitative estimate of drug-likeness (QED) is 0.853. The van der Waals surface area contributed by atoms with E-state index in [0.29, 0.717) is 26.1 Å². The van der Waals surface area contributed by atoms with Gasteiger partial charge in [0.2, 0.25) is 0 Å². The molecule has 0 saturated carbocycles. The summed E-state index contributed by atoms with van der Waals surface area (Å²) < 4.78 is 11.8. The van der Waals surface area contributed by atoms with Crippen LogP contribution in [0.1, 0.15) is 26.7 Å². The third-order valence-electron chi connectivity index (χ3n) is 3.46. The Hall–Kier alpha value is -1.07. The Morgan fingerprint density at radius 1 is 1.50 bits per heavy atom. The molecule has 1 N–H and O–H groups in total. The first-order valence-electron chi connectivity index (χ1n) is 6.88. The lowest BCUT2D eigenvalue weighted by Gasteiger charge is -2.39. The molecule has 1 aliphatic rings. The predicted octanol–water partition coefficient (Wildman–Crippen LogP) is 3.36. The van der Waals surface area contributed by atoms with Crippen LogP contribution in [-0.2, 0) is 14.3 Å². The number of esters is 1. The lowest BCUT2D eigenvalue weighted by molar-refractivity contribution is -0.153. The van der Waals surface area contributed by atoms with Crippen molar-refractivity contribution in [2.45, 2.75) is 38.3 Å². The fraction of sp³-hybridized carbons (Fsp3) is 0.533. The van der Waals surface area contributed by atoms with Crippen molar-refractivity contribution in [3.63, 3.8) is 0 Å². The number of rotatable bonds is 4. The van der Waals surface area contributed by atoms with E-state index >= 15 is 0 Å². The second-order valence-corrected chi connectivity index (χ2v) is 5.99. The molecular weight excluding hydrogens is 322 g/mol. The molecule has 0 spiro atoms. The maximum atomic E-state index is 12.4. The average molecular weight is 342 g/mol. The SMILES string of the molecule is CCOC(=O)C1(Nc2ccc(Br)cc2)CCOC(C)C1. The number of hydrogen-bond donors (Lipinski definition) is 1. The molecule has 1 heterocycles. The Labute approximate surface area is 128 Å². The van der Waals surface area contributed by atoms with Gasteiger partial charge in [0, 0.05) is 29.6 Å². The molecule has 0 radical (unpaired) electrons. The largest absolute Gasteiger partial charge is 0.464 e. The van der Waals surface area contributed by atoms with Crippen LogP contribution < -0.4 is 5.32 Å². The van der Waals surface area contributed by atoms with Gasteiger partial charge in [-0.2, -0.15) is 0 Å². The molecule has 2 atom stereocenters. The van der Waals surface area contributed by atoms with E-state index in [9.17, 15) is 4.79 Å². The van der Waals surface area contributed by atoms with E-state index in [1.54, 1.807) is 0 Å². The van der Waals surface area contributed by atoms with Crippen molar-refractivity contribution in [2.24, 2.45) is 0 Å². The zero-order chi connectivity index (χ0) is 14.6. The molecule has 1 aromatic rings. The molecule has 110 valence electrons. The summed E-state index contributed by atoms with van der Waals surface area (Å²) in [7, 11) is 0. The molecule has 1 fully saturated rings. The summed E-state index contributed by atoms with van der Waals surface area (Å²) in [5, 5.41) is 3.36. The average Bonchev–Trinajstić information content (AvgIpc) is 2.42. The third kappa shape index (κ3) is 3.52. The predicted molar refractivity (Wildman–Crippen MR) is 81.8 cm³/mol. The van der Waals surface area contributed by atoms with Crippen LogP contribution in [0.3, 0.4) is 0 Å². The summed E-state index contributed by atoms with van der Waals surface area (Å²) >= 11 is 3.41. The molecule has 0 aliphatic carbocycles. The van der Waals surface area contributed by atoms with Gasteiger partial charge in [-0.25, -0.2) is 4.79 Å². The maximum absolute atomic E-state index is 12.4. The molecule has 2 unspecified atom stereocenters. The van der Waals surface area contributed by atoms with Crippen LogP contribution in [0, 0.1) is 0 Å². The minimum atomic E-state index is -0.693. The molecule has 20 heavy (non-hydrogen) atoms. The summed E-state index contributed by atoms with van der Waals surface area (Å²) in [6.07, 6.45) is 1.27. The van der Waals surface area contributed by atoms with Gasteiger partial charge in [-0.3, -0.25) is 0 Å². The molecule has 4 nitrogen and oxygen atoms in total. The van der Waals surface area contributed by atoms with Crippen molar-refractivity contribution in [1.82, 2.24) is 0 Å². The normalized spacial score (nSPS) is 26.1. The second kappa shape index (κ2) is 6.59. The van der Waals surface area contributed by atoms with E-state index in [4.69, 9.17) is 9.47 Å². The number of halogens is 1. The summed E-state index contributed by atoms with van der Waals surface area (Å²) in [5.74, 6) is -0.196. The number of nitrogens with one attached hydrogen (secondary N) is 1. The van der Waals surface area contributed by atoms with Gasteiger partial charge in [-0.1, -0.05) is 15.9 Å². The fourth-order valence-electron chi connectivity index (χ4n) is 2.51. The molecule has 1 aliphatic heterocycles. The topological polar surface area (TPSA) is 47.6 Å². The van der Waals surface area contributed by atoms with Gasteiger partial charge in [0.1, 0.15) is 5.54 Å². The molecule has 0 amide bonds. The van der Waals surface area contributed by atoms with Gasteiger partial charge in [-0.15, -0.1) is 0 Å². The van der Waals surface area contributed by atoms with Crippen LogP contribution >= 0.6 is 15.9 Å². The van der Waals surface area contributed by atoms with Crippen LogP contribution in [0.4, 0.5) is 5.69 Å². The Bertz CT molecular complexity index is 463. The first-order valence-corrected chi connectivity index (χ1v) is 7.67. The summed E-state index contributed by atoms with van der Waals surface area (Å²) in [6.45, 7) is 4.76. The number of hydrogen-bond acceptors (Lipinski definition) is 4. The number of ether oxygens (including phenoxy) is 2. The summed E-state index contributed by atoms with van der Waals surface area (Å²) in [5.41, 5.74) is 0.219. The molecule has 0 aromatic heterocycles. The van der Waals surface area contributed by atoms with E-state index in [0.717, 1.165) is 10.2 Å². The monoisotopic (exact) mass is 341 g/mol. The highest BCUT2D eigenvalue weighted by molar-refractivity contribution is 9.10. The first-order chi connectivity index (χ1) is 9.55. The van der Waals surface area contributed by atoms with Gasteiger partial charge < -0.3 is 14.8 Å². The van der Waals surface area contributed by atoms with Gasteiger partial charge in [0.25, 0.3) is 0 Å². The third-order valence-corrected chi connectivity index (χ3v) is 3.99. The number of anilines is 1. The van der Waals surface area contributed by atoms with Crippen LogP contribution in [0.15, 0.2) is 28.7 Å². The molecule has 0 bridgehead atoms. The van der Waals surface area contributed by atoms with Crippen LogP contribution in [0.2, 0.25) is 0 Å². The van der Waals surface area contributed by atoms with E-state index < -0.39 is 5.54 Å². The highest BCUT2D eigenvalue weighted by Gasteiger charge is 2.43. The van der Waals surface area contributed by atoms with E-state index in [1.165, 1.54) is 0 Å². The molecular formula is C15H20BrNO3. The molecule has 5 heteroatoms. The number of carbonyl (C=O) groups is 1. The Morgan fingerprint density at radius 3 is 2.80 bits per heavy atom. The van der Waals surface area contributed by atoms with Gasteiger partial charge in [0.15, 0.2) is 0 Å². The van der Waals surface area contributed by atoms with Crippen molar-refractivity contribution >= 4 is 27.6 Å². The van der Waals surface area contributed by atoms with E-state index in [-0.39, 0.29) is 12.1 Å². The van der Waals surface area contributed by atoms with Gasteiger partial charge >= 0.3 is 5.97 Å². The molecule has 1 saturated heterocycles. The second-order valence-electron chi connectivity index (χ2n) is 5.07. The first kappa shape index (κ1) is 15.3. The van der Waals surface area contributed by atoms with E-state index in [2.05, 4.69) is 21.2 Å². The van der Waals surface area contributed by atoms with Crippen molar-refractivity contribution < 1.29 is 14.3 Å². The standard InChI is InChI=1S/C15H20BrNO3/c1-3-19-14(18)15(8-9-20-11(2)10-15)17-13-6-4-12(16)5-7-13/h4-7,11,17H,3,8-10H2,1-2H3. The zero-order valence-electron chi connectivity index (χ0n) is 11.8. The van der Waals surface area contributed by atoms with Gasteiger partial charge in [0.05, 0.1) is 12.7 Å². The number of benzene rings is 1. The smallest absolute Gasteiger partial charge is 0.331 e. The van der Waals surface area contributed by atoms with Crippen molar-refractivity contribution in [1.29, 1.82) is 0 Å². The minimum Gasteiger partial charge on any atom is -0.464 e.